The van der Waals surface area contributed by atoms with Crippen LogP contribution in [0, 0.1) is 0 Å². The molecule has 0 saturated carbocycles. The summed E-state index contributed by atoms with van der Waals surface area (Å²) in [5, 5.41) is 2.99. The molecule has 3 nitrogen and oxygen atoms in total. The molecule has 2 aromatic carbocycles. The van der Waals surface area contributed by atoms with Gasteiger partial charge in [0.25, 0.3) is 5.91 Å². The number of carbonyl (C=O) groups is 1. The second kappa shape index (κ2) is 7.04. The number of benzene rings is 2. The van der Waals surface area contributed by atoms with E-state index in [9.17, 15) is 4.79 Å². The van der Waals surface area contributed by atoms with Crippen molar-refractivity contribution in [2.75, 3.05) is 6.61 Å². The van der Waals surface area contributed by atoms with E-state index < -0.39 is 5.54 Å². The van der Waals surface area contributed by atoms with Crippen LogP contribution >= 0.6 is 0 Å². The Labute approximate surface area is 126 Å². The van der Waals surface area contributed by atoms with E-state index in [2.05, 4.69) is 5.32 Å². The Balaban J connectivity index is 1.83. The molecule has 0 heterocycles. The lowest BCUT2D eigenvalue weighted by Gasteiger charge is -2.26. The van der Waals surface area contributed by atoms with Gasteiger partial charge >= 0.3 is 0 Å². The molecule has 0 fully saturated rings. The summed E-state index contributed by atoms with van der Waals surface area (Å²) in [4.78, 5) is 12.1. The van der Waals surface area contributed by atoms with Crippen LogP contribution in [0.1, 0.15) is 29.8 Å². The first-order valence-corrected chi connectivity index (χ1v) is 7.06. The summed E-state index contributed by atoms with van der Waals surface area (Å²) in [6, 6.07) is 19.2. The van der Waals surface area contributed by atoms with E-state index >= 15 is 0 Å². The predicted molar refractivity (Wildman–Crippen MR) is 84.1 cm³/mol. The first-order chi connectivity index (χ1) is 10.1. The lowest BCUT2D eigenvalue weighted by Crippen LogP contribution is -2.46. The zero-order chi connectivity index (χ0) is 15.1. The molecule has 0 aromatic heterocycles. The maximum Gasteiger partial charge on any atom is 0.251 e. The van der Waals surface area contributed by atoms with Gasteiger partial charge in [-0.2, -0.15) is 0 Å². The molecule has 0 saturated heterocycles. The molecule has 21 heavy (non-hydrogen) atoms. The van der Waals surface area contributed by atoms with Gasteiger partial charge in [0.05, 0.1) is 18.8 Å². The average molecular weight is 283 g/mol. The fourth-order valence-corrected chi connectivity index (χ4v) is 2.00. The smallest absolute Gasteiger partial charge is 0.251 e. The number of nitrogens with one attached hydrogen (secondary N) is 1. The number of hydrogen-bond donors (Lipinski definition) is 1. The lowest BCUT2D eigenvalue weighted by molar-refractivity contribution is 0.0617. The monoisotopic (exact) mass is 283 g/mol. The van der Waals surface area contributed by atoms with Crippen LogP contribution in [0.4, 0.5) is 0 Å². The Morgan fingerprint density at radius 3 is 2.19 bits per heavy atom. The SMILES string of the molecule is CC(C)(COCc1ccccc1)NC(=O)c1ccccc1. The third-order valence-corrected chi connectivity index (χ3v) is 3.06. The van der Waals surface area contributed by atoms with E-state index in [1.54, 1.807) is 12.1 Å². The average Bonchev–Trinajstić information content (AvgIpc) is 2.48. The van der Waals surface area contributed by atoms with Crippen LogP contribution in [0.5, 0.6) is 0 Å². The zero-order valence-corrected chi connectivity index (χ0v) is 12.5. The molecule has 3 heteroatoms. The lowest BCUT2D eigenvalue weighted by atomic mass is 10.1. The normalized spacial score (nSPS) is 11.1. The molecule has 0 radical (unpaired) electrons. The molecule has 0 aliphatic heterocycles. The van der Waals surface area contributed by atoms with E-state index in [4.69, 9.17) is 4.74 Å². The highest BCUT2D eigenvalue weighted by atomic mass is 16.5. The number of amides is 1. The summed E-state index contributed by atoms with van der Waals surface area (Å²) in [5.74, 6) is -0.0797. The molecule has 110 valence electrons. The highest BCUT2D eigenvalue weighted by Crippen LogP contribution is 2.08. The second-order valence-corrected chi connectivity index (χ2v) is 5.68. The fraction of sp³-hybridized carbons (Fsp3) is 0.278. The topological polar surface area (TPSA) is 38.3 Å². The van der Waals surface area contributed by atoms with Gasteiger partial charge in [-0.1, -0.05) is 48.5 Å². The van der Waals surface area contributed by atoms with Gasteiger partial charge in [0.1, 0.15) is 0 Å². The van der Waals surface area contributed by atoms with Crippen molar-refractivity contribution >= 4 is 5.91 Å². The van der Waals surface area contributed by atoms with Gasteiger partial charge in [-0.25, -0.2) is 0 Å². The number of rotatable bonds is 6. The minimum atomic E-state index is -0.415. The molecule has 0 bridgehead atoms. The first-order valence-electron chi connectivity index (χ1n) is 7.06. The molecule has 0 atom stereocenters. The molecule has 1 amide bonds. The van der Waals surface area contributed by atoms with Crippen molar-refractivity contribution in [2.45, 2.75) is 26.0 Å². The van der Waals surface area contributed by atoms with Gasteiger partial charge in [0.2, 0.25) is 0 Å². The van der Waals surface area contributed by atoms with Gasteiger partial charge < -0.3 is 10.1 Å². The van der Waals surface area contributed by atoms with Crippen molar-refractivity contribution in [2.24, 2.45) is 0 Å². The maximum absolute atomic E-state index is 12.1. The molecule has 2 rings (SSSR count). The standard InChI is InChI=1S/C18H21NO2/c1-18(2,14-21-13-15-9-5-3-6-10-15)19-17(20)16-11-7-4-8-12-16/h3-12H,13-14H2,1-2H3,(H,19,20). The van der Waals surface area contributed by atoms with Gasteiger partial charge in [-0.15, -0.1) is 0 Å². The summed E-state index contributed by atoms with van der Waals surface area (Å²) in [6.45, 7) is 4.92. The molecular formula is C18H21NO2. The Morgan fingerprint density at radius 2 is 1.57 bits per heavy atom. The van der Waals surface area contributed by atoms with Crippen LogP contribution in [0.25, 0.3) is 0 Å². The third kappa shape index (κ3) is 5.04. The highest BCUT2D eigenvalue weighted by Gasteiger charge is 2.21. The van der Waals surface area contributed by atoms with Crippen molar-refractivity contribution in [3.05, 3.63) is 71.8 Å². The zero-order valence-electron chi connectivity index (χ0n) is 12.5. The van der Waals surface area contributed by atoms with Crippen LogP contribution in [-0.4, -0.2) is 18.1 Å². The van der Waals surface area contributed by atoms with E-state index in [-0.39, 0.29) is 5.91 Å². The van der Waals surface area contributed by atoms with Gasteiger partial charge in [-0.05, 0) is 31.5 Å². The minimum absolute atomic E-state index is 0.0797. The molecule has 0 aliphatic carbocycles. The van der Waals surface area contributed by atoms with E-state index in [0.717, 1.165) is 5.56 Å². The Morgan fingerprint density at radius 1 is 1.00 bits per heavy atom. The summed E-state index contributed by atoms with van der Waals surface area (Å²) in [6.07, 6.45) is 0. The maximum atomic E-state index is 12.1. The molecule has 1 N–H and O–H groups in total. The van der Waals surface area contributed by atoms with E-state index in [1.165, 1.54) is 0 Å². The number of ether oxygens (including phenoxy) is 1. The van der Waals surface area contributed by atoms with E-state index in [1.807, 2.05) is 62.4 Å². The van der Waals surface area contributed by atoms with Crippen LogP contribution in [0.2, 0.25) is 0 Å². The van der Waals surface area contributed by atoms with Crippen LogP contribution < -0.4 is 5.32 Å². The third-order valence-electron chi connectivity index (χ3n) is 3.06. The van der Waals surface area contributed by atoms with Crippen molar-refractivity contribution in [1.29, 1.82) is 0 Å². The number of hydrogen-bond acceptors (Lipinski definition) is 2. The van der Waals surface area contributed by atoms with Crippen LogP contribution in [0.3, 0.4) is 0 Å². The first kappa shape index (κ1) is 15.3. The predicted octanol–water partition coefficient (Wildman–Crippen LogP) is 3.41. The van der Waals surface area contributed by atoms with Crippen LogP contribution in [0.15, 0.2) is 60.7 Å². The second-order valence-electron chi connectivity index (χ2n) is 5.68. The summed E-state index contributed by atoms with van der Waals surface area (Å²) >= 11 is 0. The summed E-state index contributed by atoms with van der Waals surface area (Å²) in [7, 11) is 0. The van der Waals surface area contributed by atoms with E-state index in [0.29, 0.717) is 18.8 Å². The summed E-state index contributed by atoms with van der Waals surface area (Å²) < 4.78 is 5.71. The Bertz CT molecular complexity index is 564. The van der Waals surface area contributed by atoms with Crippen molar-refractivity contribution in [1.82, 2.24) is 5.32 Å². The highest BCUT2D eigenvalue weighted by molar-refractivity contribution is 5.94. The molecular weight excluding hydrogens is 262 g/mol. The quantitative estimate of drug-likeness (QED) is 0.882. The van der Waals surface area contributed by atoms with Gasteiger partial charge in [-0.3, -0.25) is 4.79 Å². The Kier molecular flexibility index (Phi) is 5.12. The van der Waals surface area contributed by atoms with Gasteiger partial charge in [0.15, 0.2) is 0 Å². The van der Waals surface area contributed by atoms with Crippen molar-refractivity contribution in [3.63, 3.8) is 0 Å². The molecule has 0 unspecified atom stereocenters. The van der Waals surface area contributed by atoms with Crippen molar-refractivity contribution < 1.29 is 9.53 Å². The molecule has 0 spiro atoms. The largest absolute Gasteiger partial charge is 0.374 e. The van der Waals surface area contributed by atoms with Crippen molar-refractivity contribution in [3.8, 4) is 0 Å². The minimum Gasteiger partial charge on any atom is -0.374 e. The molecule has 2 aromatic rings. The molecule has 0 aliphatic rings. The van der Waals surface area contributed by atoms with Gasteiger partial charge in [0, 0.05) is 5.56 Å². The fourth-order valence-electron chi connectivity index (χ4n) is 2.00. The van der Waals surface area contributed by atoms with Crippen LogP contribution in [-0.2, 0) is 11.3 Å². The Hall–Kier alpha value is -2.13. The number of carbonyl (C=O) groups excluding carboxylic acids is 1. The summed E-state index contributed by atoms with van der Waals surface area (Å²) in [5.41, 5.74) is 1.37.